The van der Waals surface area contributed by atoms with Gasteiger partial charge in [0.15, 0.2) is 9.84 Å². The SMILES string of the molecule is C#CCN(C(=O)c1cc(Br)ccc1Cl)C1CCS(=O)(=O)C1. The Hall–Kier alpha value is -1.03. The molecule has 0 saturated carbocycles. The minimum absolute atomic E-state index is 0.0496. The Labute approximate surface area is 137 Å². The molecular formula is C14H13BrClNO3S. The van der Waals surface area contributed by atoms with Crippen molar-refractivity contribution in [1.82, 2.24) is 4.90 Å². The van der Waals surface area contributed by atoms with E-state index in [0.717, 1.165) is 4.47 Å². The van der Waals surface area contributed by atoms with Crippen molar-refractivity contribution in [2.24, 2.45) is 0 Å². The Balaban J connectivity index is 2.32. The molecule has 1 aromatic carbocycles. The first-order valence-electron chi connectivity index (χ1n) is 6.24. The van der Waals surface area contributed by atoms with E-state index in [0.29, 0.717) is 17.0 Å². The molecule has 4 nitrogen and oxygen atoms in total. The first-order chi connectivity index (χ1) is 9.84. The highest BCUT2D eigenvalue weighted by molar-refractivity contribution is 9.10. The molecule has 0 bridgehead atoms. The second-order valence-corrected chi connectivity index (χ2v) is 8.37. The van der Waals surface area contributed by atoms with E-state index in [9.17, 15) is 13.2 Å². The van der Waals surface area contributed by atoms with Gasteiger partial charge < -0.3 is 4.90 Å². The molecule has 1 fully saturated rings. The van der Waals surface area contributed by atoms with Crippen LogP contribution >= 0.6 is 27.5 Å². The number of halogens is 2. The van der Waals surface area contributed by atoms with Crippen LogP contribution in [0, 0.1) is 12.3 Å². The molecule has 1 heterocycles. The Kier molecular flexibility index (Phi) is 4.97. The van der Waals surface area contributed by atoms with Gasteiger partial charge in [-0.05, 0) is 24.6 Å². The summed E-state index contributed by atoms with van der Waals surface area (Å²) in [5.74, 6) is 2.10. The standard InChI is InChI=1S/C14H13BrClNO3S/c1-2-6-17(11-5-7-21(19,20)9-11)14(18)12-8-10(15)3-4-13(12)16/h1,3-4,8,11H,5-7,9H2. The number of benzene rings is 1. The highest BCUT2D eigenvalue weighted by Crippen LogP contribution is 2.25. The Bertz CT molecular complexity index is 711. The molecule has 0 N–H and O–H groups in total. The van der Waals surface area contributed by atoms with Gasteiger partial charge in [-0.1, -0.05) is 33.5 Å². The molecule has 0 radical (unpaired) electrons. The molecule has 2 rings (SSSR count). The third-order valence-electron chi connectivity index (χ3n) is 3.33. The summed E-state index contributed by atoms with van der Waals surface area (Å²) in [6.07, 6.45) is 5.72. The van der Waals surface area contributed by atoms with Gasteiger partial charge in [0.25, 0.3) is 5.91 Å². The van der Waals surface area contributed by atoms with Crippen LogP contribution in [0.5, 0.6) is 0 Å². The van der Waals surface area contributed by atoms with Gasteiger partial charge in [0.05, 0.1) is 28.6 Å². The van der Waals surface area contributed by atoms with Crippen molar-refractivity contribution in [2.45, 2.75) is 12.5 Å². The molecule has 0 spiro atoms. The van der Waals surface area contributed by atoms with E-state index in [4.69, 9.17) is 18.0 Å². The van der Waals surface area contributed by atoms with Crippen LogP contribution in [0.3, 0.4) is 0 Å². The summed E-state index contributed by atoms with van der Waals surface area (Å²) in [5.41, 5.74) is 0.311. The predicted octanol–water partition coefficient (Wildman–Crippen LogP) is 2.37. The molecule has 7 heteroatoms. The fourth-order valence-electron chi connectivity index (χ4n) is 2.30. The minimum atomic E-state index is -3.10. The van der Waals surface area contributed by atoms with E-state index >= 15 is 0 Å². The number of nitrogens with zero attached hydrogens (tertiary/aromatic N) is 1. The molecular weight excluding hydrogens is 378 g/mol. The van der Waals surface area contributed by atoms with Gasteiger partial charge in [-0.2, -0.15) is 0 Å². The third kappa shape index (κ3) is 3.79. The molecule has 0 aromatic heterocycles. The molecule has 1 aromatic rings. The predicted molar refractivity (Wildman–Crippen MR) is 86.1 cm³/mol. The van der Waals surface area contributed by atoms with Crippen LogP contribution in [0.2, 0.25) is 5.02 Å². The topological polar surface area (TPSA) is 54.5 Å². The lowest BCUT2D eigenvalue weighted by atomic mass is 10.1. The number of hydrogen-bond donors (Lipinski definition) is 0. The van der Waals surface area contributed by atoms with Gasteiger partial charge in [-0.3, -0.25) is 4.79 Å². The van der Waals surface area contributed by atoms with E-state index in [2.05, 4.69) is 21.9 Å². The zero-order valence-corrected chi connectivity index (χ0v) is 14.2. The molecule has 0 aliphatic carbocycles. The van der Waals surface area contributed by atoms with Gasteiger partial charge in [-0.25, -0.2) is 8.42 Å². The Morgan fingerprint density at radius 2 is 2.24 bits per heavy atom. The van der Waals surface area contributed by atoms with Gasteiger partial charge in [-0.15, -0.1) is 6.42 Å². The average Bonchev–Trinajstić information content (AvgIpc) is 2.78. The summed E-state index contributed by atoms with van der Waals surface area (Å²) in [6.45, 7) is 0.0574. The van der Waals surface area contributed by atoms with Crippen molar-refractivity contribution >= 4 is 43.3 Å². The number of amides is 1. The van der Waals surface area contributed by atoms with Crippen molar-refractivity contribution in [3.05, 3.63) is 33.3 Å². The number of carbonyl (C=O) groups is 1. The number of carbonyl (C=O) groups excluding carboxylic acids is 1. The number of hydrogen-bond acceptors (Lipinski definition) is 3. The molecule has 1 atom stereocenters. The maximum absolute atomic E-state index is 12.6. The van der Waals surface area contributed by atoms with E-state index in [1.165, 1.54) is 4.90 Å². The number of terminal acetylenes is 1. The lowest BCUT2D eigenvalue weighted by molar-refractivity contribution is 0.0724. The molecule has 1 aliphatic rings. The van der Waals surface area contributed by atoms with Crippen molar-refractivity contribution in [1.29, 1.82) is 0 Å². The van der Waals surface area contributed by atoms with Gasteiger partial charge in [0.2, 0.25) is 0 Å². The Morgan fingerprint density at radius 3 is 2.81 bits per heavy atom. The summed E-state index contributed by atoms with van der Waals surface area (Å²) < 4.78 is 23.9. The number of sulfone groups is 1. The summed E-state index contributed by atoms with van der Waals surface area (Å²) >= 11 is 9.35. The lowest BCUT2D eigenvalue weighted by Crippen LogP contribution is -2.41. The van der Waals surface area contributed by atoms with E-state index in [1.54, 1.807) is 18.2 Å². The van der Waals surface area contributed by atoms with Crippen molar-refractivity contribution in [2.75, 3.05) is 18.1 Å². The zero-order valence-electron chi connectivity index (χ0n) is 11.1. The molecule has 21 heavy (non-hydrogen) atoms. The van der Waals surface area contributed by atoms with Crippen LogP contribution in [0.25, 0.3) is 0 Å². The molecule has 1 aliphatic heterocycles. The van der Waals surface area contributed by atoms with Crippen LogP contribution in [0.15, 0.2) is 22.7 Å². The second-order valence-electron chi connectivity index (χ2n) is 4.82. The number of rotatable bonds is 3. The van der Waals surface area contributed by atoms with E-state index in [1.807, 2.05) is 0 Å². The van der Waals surface area contributed by atoms with Crippen molar-refractivity contribution in [3.63, 3.8) is 0 Å². The van der Waals surface area contributed by atoms with Crippen LogP contribution in [0.4, 0.5) is 0 Å². The summed E-state index contributed by atoms with van der Waals surface area (Å²) in [7, 11) is -3.10. The summed E-state index contributed by atoms with van der Waals surface area (Å²) in [4.78, 5) is 14.1. The van der Waals surface area contributed by atoms with Crippen molar-refractivity contribution in [3.8, 4) is 12.3 Å². The zero-order chi connectivity index (χ0) is 15.6. The summed E-state index contributed by atoms with van der Waals surface area (Å²) in [6, 6.07) is 4.55. The van der Waals surface area contributed by atoms with E-state index < -0.39 is 15.9 Å². The van der Waals surface area contributed by atoms with Crippen LogP contribution in [-0.2, 0) is 9.84 Å². The van der Waals surface area contributed by atoms with Crippen molar-refractivity contribution < 1.29 is 13.2 Å². The summed E-state index contributed by atoms with van der Waals surface area (Å²) in [5, 5.41) is 0.311. The fourth-order valence-corrected chi connectivity index (χ4v) is 4.59. The van der Waals surface area contributed by atoms with E-state index in [-0.39, 0.29) is 24.0 Å². The normalized spacial score (nSPS) is 20.0. The fraction of sp³-hybridized carbons (Fsp3) is 0.357. The first-order valence-corrected chi connectivity index (χ1v) is 9.23. The third-order valence-corrected chi connectivity index (χ3v) is 5.90. The smallest absolute Gasteiger partial charge is 0.256 e. The highest BCUT2D eigenvalue weighted by atomic mass is 79.9. The maximum Gasteiger partial charge on any atom is 0.256 e. The first kappa shape index (κ1) is 16.3. The Morgan fingerprint density at radius 1 is 1.52 bits per heavy atom. The van der Waals surface area contributed by atoms with Crippen LogP contribution < -0.4 is 0 Å². The minimum Gasteiger partial charge on any atom is -0.323 e. The second kappa shape index (κ2) is 6.39. The molecule has 1 amide bonds. The van der Waals surface area contributed by atoms with Crippen LogP contribution in [0.1, 0.15) is 16.8 Å². The molecule has 1 saturated heterocycles. The van der Waals surface area contributed by atoms with Gasteiger partial charge >= 0.3 is 0 Å². The largest absolute Gasteiger partial charge is 0.323 e. The monoisotopic (exact) mass is 389 g/mol. The molecule has 112 valence electrons. The van der Waals surface area contributed by atoms with Crippen LogP contribution in [-0.4, -0.2) is 43.3 Å². The van der Waals surface area contributed by atoms with Gasteiger partial charge in [0, 0.05) is 10.5 Å². The average molecular weight is 391 g/mol. The highest BCUT2D eigenvalue weighted by Gasteiger charge is 2.35. The van der Waals surface area contributed by atoms with Gasteiger partial charge in [0.1, 0.15) is 0 Å². The quantitative estimate of drug-likeness (QED) is 0.745. The maximum atomic E-state index is 12.6. The molecule has 1 unspecified atom stereocenters. The lowest BCUT2D eigenvalue weighted by Gasteiger charge is -2.26.